The van der Waals surface area contributed by atoms with Gasteiger partial charge in [-0.2, -0.15) is 0 Å². The van der Waals surface area contributed by atoms with Crippen LogP contribution in [0.2, 0.25) is 0 Å². The number of hydrogen-bond acceptors (Lipinski definition) is 6. The van der Waals surface area contributed by atoms with Gasteiger partial charge in [0.2, 0.25) is 11.7 Å². The van der Waals surface area contributed by atoms with E-state index in [1.165, 1.54) is 0 Å². The number of allylic oxidation sites excluding steroid dienone is 3. The molecular formula is C31H29N3O4. The molecule has 3 heterocycles. The lowest BCUT2D eigenvalue weighted by atomic mass is 9.90. The van der Waals surface area contributed by atoms with Crippen LogP contribution >= 0.6 is 0 Å². The minimum absolute atomic E-state index is 0.228. The molecule has 0 fully saturated rings. The van der Waals surface area contributed by atoms with Gasteiger partial charge in [0, 0.05) is 35.3 Å². The van der Waals surface area contributed by atoms with E-state index in [1.807, 2.05) is 91.7 Å². The summed E-state index contributed by atoms with van der Waals surface area (Å²) in [5.74, 6) is -0.179. The van der Waals surface area contributed by atoms with E-state index >= 15 is 0 Å². The zero-order chi connectivity index (χ0) is 26.5. The van der Waals surface area contributed by atoms with Crippen molar-refractivity contribution < 1.29 is 19.1 Å². The maximum Gasteiger partial charge on any atom is 0.294 e. The lowest BCUT2D eigenvalue weighted by Crippen LogP contribution is -2.43. The number of carbonyl (C=O) groups excluding carboxylic acids is 2. The number of aromatic nitrogens is 1. The van der Waals surface area contributed by atoms with Crippen molar-refractivity contribution in [3.05, 3.63) is 120 Å². The highest BCUT2D eigenvalue weighted by Crippen LogP contribution is 2.37. The summed E-state index contributed by atoms with van der Waals surface area (Å²) in [5, 5.41) is 2.74. The van der Waals surface area contributed by atoms with Gasteiger partial charge in [-0.1, -0.05) is 42.5 Å². The van der Waals surface area contributed by atoms with Crippen molar-refractivity contribution in [1.82, 2.24) is 9.88 Å². The van der Waals surface area contributed by atoms with Crippen LogP contribution in [-0.4, -0.2) is 40.8 Å². The van der Waals surface area contributed by atoms with Crippen molar-refractivity contribution >= 4 is 17.4 Å². The topological polar surface area (TPSA) is 80.8 Å². The number of fused-ring (bicyclic) bond motifs is 1. The molecule has 5 rings (SSSR count). The second-order valence-corrected chi connectivity index (χ2v) is 9.24. The van der Waals surface area contributed by atoms with Crippen LogP contribution < -0.4 is 14.8 Å². The summed E-state index contributed by atoms with van der Waals surface area (Å²) in [6, 6.07) is 19.9. The summed E-state index contributed by atoms with van der Waals surface area (Å²) >= 11 is 0. The van der Waals surface area contributed by atoms with Crippen LogP contribution in [0.3, 0.4) is 0 Å². The van der Waals surface area contributed by atoms with Gasteiger partial charge in [0.15, 0.2) is 0 Å². The third-order valence-corrected chi connectivity index (χ3v) is 6.38. The number of nitrogens with zero attached hydrogens (tertiary/aromatic N) is 2. The maximum absolute atomic E-state index is 13.4. The Kier molecular flexibility index (Phi) is 7.35. The lowest BCUT2D eigenvalue weighted by Gasteiger charge is -2.28. The first kappa shape index (κ1) is 25.0. The molecule has 1 N–H and O–H groups in total. The number of Topliss-reactive ketones (excluding diaryl/α,β-unsaturated/α-hetero) is 1. The first-order valence-electron chi connectivity index (χ1n) is 12.5. The fourth-order valence-electron chi connectivity index (χ4n) is 4.70. The normalized spacial score (nSPS) is 17.5. The molecule has 0 spiro atoms. The number of ether oxygens (including phenoxy) is 2. The number of aryl methyl sites for hydroxylation is 2. The Labute approximate surface area is 222 Å². The highest BCUT2D eigenvalue weighted by Gasteiger charge is 2.41. The zero-order valence-corrected chi connectivity index (χ0v) is 21.3. The summed E-state index contributed by atoms with van der Waals surface area (Å²) < 4.78 is 11.4. The smallest absolute Gasteiger partial charge is 0.294 e. The van der Waals surface area contributed by atoms with Crippen LogP contribution in [0.1, 0.15) is 22.7 Å². The fraction of sp³-hybridized carbons (Fsp3) is 0.194. The van der Waals surface area contributed by atoms with Crippen molar-refractivity contribution in [3.8, 4) is 11.6 Å². The van der Waals surface area contributed by atoms with E-state index in [1.54, 1.807) is 24.3 Å². The predicted molar refractivity (Wildman–Crippen MR) is 146 cm³/mol. The summed E-state index contributed by atoms with van der Waals surface area (Å²) in [5.41, 5.74) is 4.41. The Balaban J connectivity index is 1.18. The summed E-state index contributed by atoms with van der Waals surface area (Å²) in [6.45, 7) is 4.62. The minimum Gasteiger partial charge on any atom is -0.490 e. The van der Waals surface area contributed by atoms with Gasteiger partial charge in [0.25, 0.3) is 5.91 Å². The van der Waals surface area contributed by atoms with Gasteiger partial charge in [-0.25, -0.2) is 4.98 Å². The van der Waals surface area contributed by atoms with E-state index in [4.69, 9.17) is 9.47 Å². The monoisotopic (exact) mass is 507 g/mol. The van der Waals surface area contributed by atoms with Crippen molar-refractivity contribution in [2.75, 3.05) is 18.5 Å². The Hall–Kier alpha value is -4.65. The van der Waals surface area contributed by atoms with E-state index in [2.05, 4.69) is 10.3 Å². The van der Waals surface area contributed by atoms with E-state index in [9.17, 15) is 9.59 Å². The third-order valence-electron chi connectivity index (χ3n) is 6.38. The lowest BCUT2D eigenvalue weighted by molar-refractivity contribution is -0.137. The van der Waals surface area contributed by atoms with Crippen LogP contribution in [0.4, 0.5) is 5.69 Å². The van der Waals surface area contributed by atoms with E-state index in [-0.39, 0.29) is 5.92 Å². The molecule has 2 aliphatic rings. The highest BCUT2D eigenvalue weighted by molar-refractivity contribution is 6.42. The molecular weight excluding hydrogens is 478 g/mol. The number of amides is 1. The molecule has 1 aromatic heterocycles. The van der Waals surface area contributed by atoms with E-state index in [0.717, 1.165) is 22.5 Å². The Morgan fingerprint density at radius 3 is 2.47 bits per heavy atom. The molecule has 0 saturated heterocycles. The van der Waals surface area contributed by atoms with E-state index in [0.29, 0.717) is 30.5 Å². The second-order valence-electron chi connectivity index (χ2n) is 9.24. The quantitative estimate of drug-likeness (QED) is 0.321. The summed E-state index contributed by atoms with van der Waals surface area (Å²) in [4.78, 5) is 32.6. The first-order valence-corrected chi connectivity index (χ1v) is 12.5. The zero-order valence-electron chi connectivity index (χ0n) is 21.3. The average molecular weight is 508 g/mol. The third kappa shape index (κ3) is 5.67. The first-order chi connectivity index (χ1) is 18.5. The molecule has 3 aromatic rings. The summed E-state index contributed by atoms with van der Waals surface area (Å²) in [7, 11) is 0. The molecule has 2 aromatic carbocycles. The minimum atomic E-state index is -0.656. The number of rotatable bonds is 9. The van der Waals surface area contributed by atoms with Crippen molar-refractivity contribution in [1.29, 1.82) is 0 Å². The number of nitrogens with one attached hydrogen (secondary N) is 1. The Morgan fingerprint density at radius 2 is 1.71 bits per heavy atom. The molecule has 0 aliphatic carbocycles. The molecule has 2 atom stereocenters. The number of pyridine rings is 1. The number of ketones is 1. The van der Waals surface area contributed by atoms with Gasteiger partial charge in [-0.3, -0.25) is 9.59 Å². The maximum atomic E-state index is 13.4. The molecule has 2 unspecified atom stereocenters. The Morgan fingerprint density at radius 1 is 0.947 bits per heavy atom. The summed E-state index contributed by atoms with van der Waals surface area (Å²) in [6.07, 6.45) is 9.62. The molecule has 2 aliphatic heterocycles. The molecule has 0 bridgehead atoms. The second kappa shape index (κ2) is 11.2. The number of benzene rings is 2. The van der Waals surface area contributed by atoms with Crippen LogP contribution in [-0.2, 0) is 9.59 Å². The van der Waals surface area contributed by atoms with Crippen LogP contribution in [0.25, 0.3) is 0 Å². The van der Waals surface area contributed by atoms with Crippen LogP contribution in [0.15, 0.2) is 103 Å². The molecule has 0 radical (unpaired) electrons. The van der Waals surface area contributed by atoms with Crippen molar-refractivity contribution in [3.63, 3.8) is 0 Å². The molecule has 7 nitrogen and oxygen atoms in total. The Bertz CT molecular complexity index is 1390. The van der Waals surface area contributed by atoms with Crippen LogP contribution in [0, 0.1) is 13.8 Å². The number of anilines is 1. The predicted octanol–water partition coefficient (Wildman–Crippen LogP) is 5.10. The fourth-order valence-corrected chi connectivity index (χ4v) is 4.70. The van der Waals surface area contributed by atoms with Crippen LogP contribution in [0.5, 0.6) is 11.6 Å². The average Bonchev–Trinajstić information content (AvgIpc) is 3.31. The van der Waals surface area contributed by atoms with Gasteiger partial charge < -0.3 is 19.7 Å². The molecule has 38 heavy (non-hydrogen) atoms. The molecule has 7 heteroatoms. The largest absolute Gasteiger partial charge is 0.490 e. The van der Waals surface area contributed by atoms with Crippen molar-refractivity contribution in [2.45, 2.75) is 25.8 Å². The number of hydrogen-bond donors (Lipinski definition) is 1. The highest BCUT2D eigenvalue weighted by atomic mass is 16.5. The molecule has 192 valence electrons. The SMILES string of the molecule is Cc1cc(C)nc(OCCOc2ccc(NC(=O)C(=O)C3C(c4ccccc4)C=C4C=CC=CN43)cc2)c1. The van der Waals surface area contributed by atoms with Gasteiger partial charge in [-0.05, 0) is 67.5 Å². The molecule has 0 saturated carbocycles. The van der Waals surface area contributed by atoms with Gasteiger partial charge >= 0.3 is 0 Å². The van der Waals surface area contributed by atoms with Gasteiger partial charge in [-0.15, -0.1) is 0 Å². The molecule has 1 amide bonds. The van der Waals surface area contributed by atoms with Gasteiger partial charge in [0.1, 0.15) is 25.0 Å². The number of carbonyl (C=O) groups is 2. The van der Waals surface area contributed by atoms with Gasteiger partial charge in [0.05, 0.1) is 0 Å². The van der Waals surface area contributed by atoms with E-state index < -0.39 is 17.7 Å². The standard InChI is InChI=1S/C31H29N3O4/c1-21-18-22(2)32-28(19-21)38-17-16-37-26-13-11-24(12-14-26)33-31(36)30(35)29-27(23-8-4-3-5-9-23)20-25-10-6-7-15-34(25)29/h3-15,18-20,27,29H,16-17H2,1-2H3,(H,33,36). The van der Waals surface area contributed by atoms with Crippen molar-refractivity contribution in [2.24, 2.45) is 0 Å².